The third-order valence-corrected chi connectivity index (χ3v) is 6.18. The maximum Gasteiger partial charge on any atom is 0.167 e. The van der Waals surface area contributed by atoms with Crippen LogP contribution in [0.15, 0.2) is 66.7 Å². The van der Waals surface area contributed by atoms with E-state index < -0.39 is 0 Å². The molecular weight excluding hydrogens is 398 g/mol. The van der Waals surface area contributed by atoms with E-state index in [0.29, 0.717) is 6.42 Å². The van der Waals surface area contributed by atoms with Gasteiger partial charge in [-0.1, -0.05) is 48.5 Å². The molecule has 1 aliphatic heterocycles. The molecule has 5 heteroatoms. The van der Waals surface area contributed by atoms with E-state index in [1.54, 1.807) is 0 Å². The quantitative estimate of drug-likeness (QED) is 0.451. The highest BCUT2D eigenvalue weighted by Gasteiger charge is 2.16. The van der Waals surface area contributed by atoms with Crippen LogP contribution in [0.4, 0.5) is 0 Å². The number of carbonyl (C=O) groups is 1. The molecule has 0 aliphatic carbocycles. The predicted octanol–water partition coefficient (Wildman–Crippen LogP) is 4.80. The molecule has 3 aromatic carbocycles. The summed E-state index contributed by atoms with van der Waals surface area (Å²) in [5, 5.41) is 0. The standard InChI is InChI=1S/C27H27N3O2/c1-19-16-21(10-11-22(19)18-30-12-14-32-15-13-30)26(31)17-20-6-2-3-7-23(20)27-28-24-8-4-5-9-25(24)29-27/h2-11,16H,12-15,17-18H2,1H3,(H,28,29). The maximum atomic E-state index is 13.2. The van der Waals surface area contributed by atoms with Crippen molar-refractivity contribution in [3.8, 4) is 11.4 Å². The zero-order valence-corrected chi connectivity index (χ0v) is 18.3. The van der Waals surface area contributed by atoms with Gasteiger partial charge in [0, 0.05) is 37.2 Å². The van der Waals surface area contributed by atoms with E-state index in [2.05, 4.69) is 22.9 Å². The lowest BCUT2D eigenvalue weighted by molar-refractivity contribution is 0.0341. The van der Waals surface area contributed by atoms with Crippen molar-refractivity contribution in [3.05, 3.63) is 89.0 Å². The van der Waals surface area contributed by atoms with Crippen molar-refractivity contribution in [1.29, 1.82) is 0 Å². The largest absolute Gasteiger partial charge is 0.379 e. The second-order valence-corrected chi connectivity index (χ2v) is 8.39. The van der Waals surface area contributed by atoms with Crippen molar-refractivity contribution in [1.82, 2.24) is 14.9 Å². The average molecular weight is 426 g/mol. The highest BCUT2D eigenvalue weighted by atomic mass is 16.5. The lowest BCUT2D eigenvalue weighted by atomic mass is 9.96. The Kier molecular flexibility index (Phi) is 5.84. The molecule has 0 radical (unpaired) electrons. The van der Waals surface area contributed by atoms with Crippen molar-refractivity contribution in [2.75, 3.05) is 26.3 Å². The molecule has 5 rings (SSSR count). The third kappa shape index (κ3) is 4.35. The number of Topliss-reactive ketones (excluding diaryl/α,β-unsaturated/α-hetero) is 1. The Morgan fingerprint density at radius 1 is 1.00 bits per heavy atom. The highest BCUT2D eigenvalue weighted by molar-refractivity contribution is 5.98. The second kappa shape index (κ2) is 9.07. The summed E-state index contributed by atoms with van der Waals surface area (Å²) in [4.78, 5) is 23.7. The van der Waals surface area contributed by atoms with Gasteiger partial charge in [-0.3, -0.25) is 9.69 Å². The number of ether oxygens (including phenoxy) is 1. The van der Waals surface area contributed by atoms with Gasteiger partial charge >= 0.3 is 0 Å². The molecule has 0 atom stereocenters. The fourth-order valence-electron chi connectivity index (χ4n) is 4.31. The number of morpholine rings is 1. The number of aromatic nitrogens is 2. The molecule has 0 bridgehead atoms. The topological polar surface area (TPSA) is 58.2 Å². The number of rotatable bonds is 6. The van der Waals surface area contributed by atoms with E-state index in [4.69, 9.17) is 9.72 Å². The van der Waals surface area contributed by atoms with Crippen LogP contribution >= 0.6 is 0 Å². The van der Waals surface area contributed by atoms with Crippen molar-refractivity contribution in [2.45, 2.75) is 19.9 Å². The van der Waals surface area contributed by atoms with Crippen LogP contribution in [-0.4, -0.2) is 47.0 Å². The minimum absolute atomic E-state index is 0.120. The van der Waals surface area contributed by atoms with Gasteiger partial charge in [0.2, 0.25) is 0 Å². The molecule has 0 spiro atoms. The Hall–Kier alpha value is -3.28. The van der Waals surface area contributed by atoms with E-state index in [1.807, 2.05) is 60.7 Å². The van der Waals surface area contributed by atoms with Gasteiger partial charge < -0.3 is 9.72 Å². The molecule has 5 nitrogen and oxygen atoms in total. The van der Waals surface area contributed by atoms with Gasteiger partial charge in [0.1, 0.15) is 5.82 Å². The lowest BCUT2D eigenvalue weighted by Crippen LogP contribution is -2.35. The third-order valence-electron chi connectivity index (χ3n) is 6.18. The summed E-state index contributed by atoms with van der Waals surface area (Å²) >= 11 is 0. The number of hydrogen-bond acceptors (Lipinski definition) is 4. The van der Waals surface area contributed by atoms with Gasteiger partial charge in [-0.05, 0) is 41.8 Å². The number of ketones is 1. The van der Waals surface area contributed by atoms with E-state index in [0.717, 1.165) is 72.0 Å². The van der Waals surface area contributed by atoms with Gasteiger partial charge in [0.25, 0.3) is 0 Å². The van der Waals surface area contributed by atoms with Crippen molar-refractivity contribution < 1.29 is 9.53 Å². The molecule has 0 unspecified atom stereocenters. The summed E-state index contributed by atoms with van der Waals surface area (Å²) in [7, 11) is 0. The van der Waals surface area contributed by atoms with Crippen LogP contribution in [0.25, 0.3) is 22.4 Å². The van der Waals surface area contributed by atoms with Gasteiger partial charge in [-0.2, -0.15) is 0 Å². The summed E-state index contributed by atoms with van der Waals surface area (Å²) in [6.07, 6.45) is 0.343. The summed E-state index contributed by atoms with van der Waals surface area (Å²) < 4.78 is 5.44. The number of aromatic amines is 1. The number of nitrogens with zero attached hydrogens (tertiary/aromatic N) is 2. The molecule has 0 amide bonds. The molecule has 1 N–H and O–H groups in total. The molecule has 1 fully saturated rings. The van der Waals surface area contributed by atoms with Crippen LogP contribution in [0.1, 0.15) is 27.0 Å². The zero-order chi connectivity index (χ0) is 21.9. The number of aryl methyl sites for hydroxylation is 1. The fourth-order valence-corrected chi connectivity index (χ4v) is 4.31. The molecule has 162 valence electrons. The molecule has 1 aliphatic rings. The lowest BCUT2D eigenvalue weighted by Gasteiger charge is -2.27. The van der Waals surface area contributed by atoms with E-state index in [1.165, 1.54) is 5.56 Å². The number of benzene rings is 3. The summed E-state index contributed by atoms with van der Waals surface area (Å²) in [6.45, 7) is 6.49. The number of para-hydroxylation sites is 2. The summed E-state index contributed by atoms with van der Waals surface area (Å²) in [5.41, 5.74) is 7.06. The molecule has 2 heterocycles. The van der Waals surface area contributed by atoms with E-state index >= 15 is 0 Å². The molecular formula is C27H27N3O2. The monoisotopic (exact) mass is 425 g/mol. The number of H-pyrrole nitrogens is 1. The molecule has 32 heavy (non-hydrogen) atoms. The number of hydrogen-bond donors (Lipinski definition) is 1. The maximum absolute atomic E-state index is 13.2. The first kappa shape index (κ1) is 20.6. The van der Waals surface area contributed by atoms with Crippen LogP contribution in [0.5, 0.6) is 0 Å². The van der Waals surface area contributed by atoms with E-state index in [9.17, 15) is 4.79 Å². The number of imidazole rings is 1. The minimum atomic E-state index is 0.120. The normalized spacial score (nSPS) is 14.7. The van der Waals surface area contributed by atoms with Crippen molar-refractivity contribution >= 4 is 16.8 Å². The minimum Gasteiger partial charge on any atom is -0.379 e. The van der Waals surface area contributed by atoms with E-state index in [-0.39, 0.29) is 5.78 Å². The van der Waals surface area contributed by atoms with Crippen LogP contribution < -0.4 is 0 Å². The second-order valence-electron chi connectivity index (χ2n) is 8.39. The Morgan fingerprint density at radius 2 is 1.78 bits per heavy atom. The molecule has 4 aromatic rings. The Morgan fingerprint density at radius 3 is 2.59 bits per heavy atom. The summed E-state index contributed by atoms with van der Waals surface area (Å²) in [5.74, 6) is 0.918. The zero-order valence-electron chi connectivity index (χ0n) is 18.3. The first-order valence-electron chi connectivity index (χ1n) is 11.1. The predicted molar refractivity (Wildman–Crippen MR) is 127 cm³/mol. The smallest absolute Gasteiger partial charge is 0.167 e. The Balaban J connectivity index is 1.35. The Labute approximate surface area is 188 Å². The average Bonchev–Trinajstić information content (AvgIpc) is 3.25. The molecule has 0 saturated carbocycles. The van der Waals surface area contributed by atoms with Gasteiger partial charge in [0.05, 0.1) is 24.2 Å². The molecule has 1 saturated heterocycles. The van der Waals surface area contributed by atoms with Crippen molar-refractivity contribution in [3.63, 3.8) is 0 Å². The Bertz CT molecular complexity index is 1220. The fraction of sp³-hybridized carbons (Fsp3) is 0.259. The highest BCUT2D eigenvalue weighted by Crippen LogP contribution is 2.25. The first-order chi connectivity index (χ1) is 15.7. The number of carbonyl (C=O) groups excluding carboxylic acids is 1. The van der Waals surface area contributed by atoms with Gasteiger partial charge in [-0.25, -0.2) is 4.98 Å². The van der Waals surface area contributed by atoms with Gasteiger partial charge in [0.15, 0.2) is 5.78 Å². The molecule has 1 aromatic heterocycles. The van der Waals surface area contributed by atoms with Crippen molar-refractivity contribution in [2.24, 2.45) is 0 Å². The van der Waals surface area contributed by atoms with Gasteiger partial charge in [-0.15, -0.1) is 0 Å². The van der Waals surface area contributed by atoms with Crippen LogP contribution in [0.2, 0.25) is 0 Å². The van der Waals surface area contributed by atoms with Crippen LogP contribution in [0.3, 0.4) is 0 Å². The summed E-state index contributed by atoms with van der Waals surface area (Å²) in [6, 6.07) is 22.1. The number of nitrogens with one attached hydrogen (secondary N) is 1. The van der Waals surface area contributed by atoms with Crippen LogP contribution in [0, 0.1) is 6.92 Å². The number of fused-ring (bicyclic) bond motifs is 1. The SMILES string of the molecule is Cc1cc(C(=O)Cc2ccccc2-c2nc3ccccc3[nH]2)ccc1CN1CCOCC1. The first-order valence-corrected chi connectivity index (χ1v) is 11.1. The van der Waals surface area contributed by atoms with Crippen LogP contribution in [-0.2, 0) is 17.7 Å².